The zero-order valence-electron chi connectivity index (χ0n) is 9.64. The highest BCUT2D eigenvalue weighted by Crippen LogP contribution is 2.19. The predicted octanol–water partition coefficient (Wildman–Crippen LogP) is 1.56. The van der Waals surface area contributed by atoms with Crippen LogP contribution >= 0.6 is 0 Å². The van der Waals surface area contributed by atoms with Gasteiger partial charge >= 0.3 is 5.97 Å². The number of aliphatic carboxylic acids is 1. The summed E-state index contributed by atoms with van der Waals surface area (Å²) in [5.41, 5.74) is 1.13. The Balaban J connectivity index is 2.74. The van der Waals surface area contributed by atoms with Crippen LogP contribution in [0, 0.1) is 11.3 Å². The van der Waals surface area contributed by atoms with Crippen molar-refractivity contribution in [1.82, 2.24) is 0 Å². The Bertz CT molecular complexity index is 450. The van der Waals surface area contributed by atoms with Gasteiger partial charge in [0, 0.05) is 0 Å². The lowest BCUT2D eigenvalue weighted by Gasteiger charge is -2.09. The standard InChI is InChI=1S/C12H13NO4/c1-8(12(14)15)17-7-9-3-4-11(16-2)10(5-9)6-13/h3-5,8H,7H2,1-2H3,(H,14,15)/t8-/m0/s1. The minimum Gasteiger partial charge on any atom is -0.495 e. The van der Waals surface area contributed by atoms with Crippen molar-refractivity contribution in [3.63, 3.8) is 0 Å². The largest absolute Gasteiger partial charge is 0.495 e. The van der Waals surface area contributed by atoms with Gasteiger partial charge in [0.2, 0.25) is 0 Å². The third kappa shape index (κ3) is 3.47. The molecule has 0 aliphatic carbocycles. The molecule has 1 aromatic rings. The summed E-state index contributed by atoms with van der Waals surface area (Å²) >= 11 is 0. The van der Waals surface area contributed by atoms with Gasteiger partial charge in [0.25, 0.3) is 0 Å². The maximum atomic E-state index is 10.5. The van der Waals surface area contributed by atoms with Crippen LogP contribution in [0.25, 0.3) is 0 Å². The highest BCUT2D eigenvalue weighted by atomic mass is 16.5. The van der Waals surface area contributed by atoms with Crippen molar-refractivity contribution in [1.29, 1.82) is 5.26 Å². The average Bonchev–Trinajstić information content (AvgIpc) is 2.35. The highest BCUT2D eigenvalue weighted by Gasteiger charge is 2.11. The van der Waals surface area contributed by atoms with E-state index < -0.39 is 12.1 Å². The SMILES string of the molecule is COc1ccc(CO[C@@H](C)C(=O)O)cc1C#N. The third-order valence-corrected chi connectivity index (χ3v) is 2.23. The third-order valence-electron chi connectivity index (χ3n) is 2.23. The average molecular weight is 235 g/mol. The minimum atomic E-state index is -1.01. The van der Waals surface area contributed by atoms with Crippen molar-refractivity contribution in [2.24, 2.45) is 0 Å². The molecule has 1 atom stereocenters. The smallest absolute Gasteiger partial charge is 0.332 e. The summed E-state index contributed by atoms with van der Waals surface area (Å²) in [7, 11) is 1.48. The molecule has 17 heavy (non-hydrogen) atoms. The maximum Gasteiger partial charge on any atom is 0.332 e. The molecule has 5 heteroatoms. The first-order chi connectivity index (χ1) is 8.08. The molecule has 1 N–H and O–H groups in total. The monoisotopic (exact) mass is 235 g/mol. The molecule has 0 radical (unpaired) electrons. The van der Waals surface area contributed by atoms with Crippen LogP contribution in [0.4, 0.5) is 0 Å². The van der Waals surface area contributed by atoms with Gasteiger partial charge in [-0.3, -0.25) is 0 Å². The lowest BCUT2D eigenvalue weighted by atomic mass is 10.1. The summed E-state index contributed by atoms with van der Waals surface area (Å²) < 4.78 is 10.1. The Kier molecular flexibility index (Phi) is 4.49. The number of rotatable bonds is 5. The molecule has 5 nitrogen and oxygen atoms in total. The number of carbonyl (C=O) groups is 1. The second-order valence-electron chi connectivity index (χ2n) is 3.44. The second kappa shape index (κ2) is 5.87. The number of hydrogen-bond donors (Lipinski definition) is 1. The number of hydrogen-bond acceptors (Lipinski definition) is 4. The van der Waals surface area contributed by atoms with Crippen molar-refractivity contribution in [3.8, 4) is 11.8 Å². The number of nitriles is 1. The van der Waals surface area contributed by atoms with Gasteiger partial charge in [-0.05, 0) is 24.6 Å². The Morgan fingerprint density at radius 1 is 1.59 bits per heavy atom. The van der Waals surface area contributed by atoms with Crippen LogP contribution in [0.5, 0.6) is 5.75 Å². The number of methoxy groups -OCH3 is 1. The zero-order valence-corrected chi connectivity index (χ0v) is 9.64. The van der Waals surface area contributed by atoms with E-state index in [1.165, 1.54) is 14.0 Å². The van der Waals surface area contributed by atoms with Gasteiger partial charge in [0.1, 0.15) is 11.8 Å². The van der Waals surface area contributed by atoms with E-state index in [2.05, 4.69) is 0 Å². The molecule has 0 aliphatic rings. The van der Waals surface area contributed by atoms with E-state index in [-0.39, 0.29) is 6.61 Å². The Hall–Kier alpha value is -2.06. The van der Waals surface area contributed by atoms with E-state index in [1.54, 1.807) is 18.2 Å². The molecule has 0 heterocycles. The molecule has 1 rings (SSSR count). The number of benzene rings is 1. The topological polar surface area (TPSA) is 79.6 Å². The lowest BCUT2D eigenvalue weighted by Crippen LogP contribution is -2.19. The summed E-state index contributed by atoms with van der Waals surface area (Å²) in [4.78, 5) is 10.5. The Labute approximate surface area is 99.2 Å². The highest BCUT2D eigenvalue weighted by molar-refractivity contribution is 5.71. The van der Waals surface area contributed by atoms with Gasteiger partial charge in [-0.2, -0.15) is 5.26 Å². The Morgan fingerprint density at radius 2 is 2.29 bits per heavy atom. The van der Waals surface area contributed by atoms with E-state index >= 15 is 0 Å². The van der Waals surface area contributed by atoms with E-state index in [9.17, 15) is 4.79 Å². The quantitative estimate of drug-likeness (QED) is 0.837. The van der Waals surface area contributed by atoms with E-state index in [4.69, 9.17) is 19.8 Å². The number of carboxylic acid groups (broad SMARTS) is 1. The molecule has 0 saturated heterocycles. The van der Waals surface area contributed by atoms with Crippen LogP contribution in [-0.2, 0) is 16.1 Å². The normalized spacial score (nSPS) is 11.6. The predicted molar refractivity (Wildman–Crippen MR) is 59.6 cm³/mol. The zero-order chi connectivity index (χ0) is 12.8. The van der Waals surface area contributed by atoms with E-state index in [0.717, 1.165) is 5.56 Å². The van der Waals surface area contributed by atoms with Gasteiger partial charge in [0.05, 0.1) is 19.3 Å². The molecular formula is C12H13NO4. The Morgan fingerprint density at radius 3 is 2.82 bits per heavy atom. The second-order valence-corrected chi connectivity index (χ2v) is 3.44. The number of carboxylic acids is 1. The first-order valence-electron chi connectivity index (χ1n) is 5.00. The van der Waals surface area contributed by atoms with E-state index in [0.29, 0.717) is 11.3 Å². The molecule has 0 fully saturated rings. The first-order valence-corrected chi connectivity index (χ1v) is 5.00. The van der Waals surface area contributed by atoms with Crippen molar-refractivity contribution in [2.45, 2.75) is 19.6 Å². The maximum absolute atomic E-state index is 10.5. The summed E-state index contributed by atoms with van der Waals surface area (Å²) in [6.45, 7) is 1.60. The summed E-state index contributed by atoms with van der Waals surface area (Å²) in [6.07, 6.45) is -0.873. The van der Waals surface area contributed by atoms with Gasteiger partial charge in [-0.1, -0.05) is 6.07 Å². The van der Waals surface area contributed by atoms with Gasteiger partial charge in [-0.25, -0.2) is 4.79 Å². The molecule has 0 amide bonds. The minimum absolute atomic E-state index is 0.145. The van der Waals surface area contributed by atoms with Crippen LogP contribution in [0.3, 0.4) is 0 Å². The molecule has 0 unspecified atom stereocenters. The van der Waals surface area contributed by atoms with Crippen molar-refractivity contribution >= 4 is 5.97 Å². The molecule has 1 aromatic carbocycles. The number of nitrogens with zero attached hydrogens (tertiary/aromatic N) is 1. The summed E-state index contributed by atoms with van der Waals surface area (Å²) in [5, 5.41) is 17.5. The first kappa shape index (κ1) is 13.0. The van der Waals surface area contributed by atoms with Gasteiger partial charge < -0.3 is 14.6 Å². The van der Waals surface area contributed by atoms with Crippen LogP contribution in [0.2, 0.25) is 0 Å². The van der Waals surface area contributed by atoms with Gasteiger partial charge in [0.15, 0.2) is 6.10 Å². The van der Waals surface area contributed by atoms with Crippen LogP contribution in [0.1, 0.15) is 18.1 Å². The fraction of sp³-hybridized carbons (Fsp3) is 0.333. The van der Waals surface area contributed by atoms with Gasteiger partial charge in [-0.15, -0.1) is 0 Å². The molecule has 0 aliphatic heterocycles. The summed E-state index contributed by atoms with van der Waals surface area (Å²) in [6, 6.07) is 7.00. The molecule has 0 saturated carbocycles. The fourth-order valence-electron chi connectivity index (χ4n) is 1.22. The van der Waals surface area contributed by atoms with Crippen molar-refractivity contribution < 1.29 is 19.4 Å². The molecule has 90 valence electrons. The van der Waals surface area contributed by atoms with Crippen molar-refractivity contribution in [3.05, 3.63) is 29.3 Å². The number of ether oxygens (including phenoxy) is 2. The van der Waals surface area contributed by atoms with Crippen LogP contribution in [-0.4, -0.2) is 24.3 Å². The van der Waals surface area contributed by atoms with E-state index in [1.807, 2.05) is 6.07 Å². The molecular weight excluding hydrogens is 222 g/mol. The van der Waals surface area contributed by atoms with Crippen LogP contribution < -0.4 is 4.74 Å². The fourth-order valence-corrected chi connectivity index (χ4v) is 1.22. The van der Waals surface area contributed by atoms with Crippen molar-refractivity contribution in [2.75, 3.05) is 7.11 Å². The molecule has 0 spiro atoms. The lowest BCUT2D eigenvalue weighted by molar-refractivity contribution is -0.149. The van der Waals surface area contributed by atoms with Crippen LogP contribution in [0.15, 0.2) is 18.2 Å². The summed E-state index contributed by atoms with van der Waals surface area (Å²) in [5.74, 6) is -0.526. The molecule has 0 aromatic heterocycles. The molecule has 0 bridgehead atoms.